The van der Waals surface area contributed by atoms with Gasteiger partial charge < -0.3 is 10.4 Å². The first-order chi connectivity index (χ1) is 8.70. The Balaban J connectivity index is 2.52. The van der Waals surface area contributed by atoms with Gasteiger partial charge in [-0.2, -0.15) is 13.2 Å². The molecule has 1 amide bonds. The highest BCUT2D eigenvalue weighted by Crippen LogP contribution is 2.22. The molecule has 0 radical (unpaired) electrons. The van der Waals surface area contributed by atoms with Crippen LogP contribution in [-0.4, -0.2) is 23.7 Å². The Morgan fingerprint density at radius 1 is 1.42 bits per heavy atom. The van der Waals surface area contributed by atoms with Crippen molar-refractivity contribution in [3.63, 3.8) is 0 Å². The van der Waals surface area contributed by atoms with E-state index in [9.17, 15) is 23.1 Å². The molecule has 1 aromatic rings. The van der Waals surface area contributed by atoms with Gasteiger partial charge in [-0.25, -0.2) is 0 Å². The number of carbonyl (C=O) groups excluding carboxylic acids is 1. The van der Waals surface area contributed by atoms with E-state index in [2.05, 4.69) is 15.9 Å². The van der Waals surface area contributed by atoms with E-state index in [-0.39, 0.29) is 13.0 Å². The van der Waals surface area contributed by atoms with Crippen molar-refractivity contribution in [2.24, 2.45) is 0 Å². The number of aliphatic hydroxyl groups excluding tert-OH is 1. The normalized spacial score (nSPS) is 13.2. The molecule has 1 unspecified atom stereocenters. The van der Waals surface area contributed by atoms with Crippen molar-refractivity contribution in [1.82, 2.24) is 5.32 Å². The van der Waals surface area contributed by atoms with Crippen molar-refractivity contribution >= 4 is 21.8 Å². The summed E-state index contributed by atoms with van der Waals surface area (Å²) in [5.74, 6) is -2.00. The third-order valence-corrected chi connectivity index (χ3v) is 2.87. The minimum atomic E-state index is -4.89. The van der Waals surface area contributed by atoms with Crippen molar-refractivity contribution in [2.45, 2.75) is 25.6 Å². The lowest BCUT2D eigenvalue weighted by Crippen LogP contribution is -2.37. The first-order valence-corrected chi connectivity index (χ1v) is 6.29. The lowest BCUT2D eigenvalue weighted by atomic mass is 10.0. The Labute approximate surface area is 116 Å². The van der Waals surface area contributed by atoms with Crippen LogP contribution in [0, 0.1) is 6.92 Å². The van der Waals surface area contributed by atoms with Crippen LogP contribution in [0.15, 0.2) is 22.7 Å². The first-order valence-electron chi connectivity index (χ1n) is 5.50. The van der Waals surface area contributed by atoms with E-state index >= 15 is 0 Å². The second kappa shape index (κ2) is 6.38. The monoisotopic (exact) mass is 339 g/mol. The number of hydrogen-bond donors (Lipinski definition) is 2. The predicted octanol–water partition coefficient (Wildman–Crippen LogP) is 2.86. The van der Waals surface area contributed by atoms with Gasteiger partial charge in [-0.1, -0.05) is 22.0 Å². The summed E-state index contributed by atoms with van der Waals surface area (Å²) >= 11 is 3.27. The molecule has 0 aromatic heterocycles. The first kappa shape index (κ1) is 16.0. The summed E-state index contributed by atoms with van der Waals surface area (Å²) in [4.78, 5) is 10.6. The standard InChI is InChI=1S/C12H13BrF3NO2/c1-7-4-8(6-9(13)5-7)10(18)2-3-17-11(19)12(14,15)16/h4-6,10,18H,2-3H2,1H3,(H,17,19). The van der Waals surface area contributed by atoms with Crippen LogP contribution >= 0.6 is 15.9 Å². The highest BCUT2D eigenvalue weighted by molar-refractivity contribution is 9.10. The fraction of sp³-hybridized carbons (Fsp3) is 0.417. The molecule has 106 valence electrons. The smallest absolute Gasteiger partial charge is 0.388 e. The van der Waals surface area contributed by atoms with Gasteiger partial charge in [0.15, 0.2) is 0 Å². The molecule has 2 N–H and O–H groups in total. The second-order valence-corrected chi connectivity index (χ2v) is 5.04. The van der Waals surface area contributed by atoms with Crippen LogP contribution in [0.4, 0.5) is 13.2 Å². The molecule has 0 aliphatic rings. The maximum atomic E-state index is 11.9. The molecule has 1 aromatic carbocycles. The molecular formula is C12H13BrF3NO2. The number of nitrogens with one attached hydrogen (secondary N) is 1. The molecule has 19 heavy (non-hydrogen) atoms. The SMILES string of the molecule is Cc1cc(Br)cc(C(O)CCNC(=O)C(F)(F)F)c1. The Morgan fingerprint density at radius 3 is 2.58 bits per heavy atom. The number of aryl methyl sites for hydroxylation is 1. The number of rotatable bonds is 4. The van der Waals surface area contributed by atoms with Crippen molar-refractivity contribution in [3.05, 3.63) is 33.8 Å². The summed E-state index contributed by atoms with van der Waals surface area (Å²) in [7, 11) is 0. The molecule has 7 heteroatoms. The third-order valence-electron chi connectivity index (χ3n) is 2.41. The zero-order chi connectivity index (χ0) is 14.6. The maximum absolute atomic E-state index is 11.9. The summed E-state index contributed by atoms with van der Waals surface area (Å²) < 4.78 is 36.5. The highest BCUT2D eigenvalue weighted by Gasteiger charge is 2.38. The van der Waals surface area contributed by atoms with Gasteiger partial charge in [-0.05, 0) is 36.6 Å². The van der Waals surface area contributed by atoms with Crippen LogP contribution in [0.3, 0.4) is 0 Å². The molecule has 0 heterocycles. The Morgan fingerprint density at radius 2 is 2.05 bits per heavy atom. The molecule has 0 fully saturated rings. The molecule has 0 aliphatic carbocycles. The van der Waals surface area contributed by atoms with E-state index in [0.717, 1.165) is 10.0 Å². The van der Waals surface area contributed by atoms with Gasteiger partial charge in [-0.3, -0.25) is 4.79 Å². The number of alkyl halides is 3. The van der Waals surface area contributed by atoms with E-state index in [1.807, 2.05) is 13.0 Å². The van der Waals surface area contributed by atoms with Crippen LogP contribution in [0.5, 0.6) is 0 Å². The van der Waals surface area contributed by atoms with E-state index < -0.39 is 18.2 Å². The zero-order valence-corrected chi connectivity index (χ0v) is 11.7. The summed E-state index contributed by atoms with van der Waals surface area (Å²) in [5, 5.41) is 11.5. The lowest BCUT2D eigenvalue weighted by Gasteiger charge is -2.13. The van der Waals surface area contributed by atoms with Gasteiger partial charge in [0.1, 0.15) is 0 Å². The van der Waals surface area contributed by atoms with Gasteiger partial charge >= 0.3 is 12.1 Å². The molecule has 0 saturated heterocycles. The number of carbonyl (C=O) groups is 1. The minimum Gasteiger partial charge on any atom is -0.388 e. The molecule has 0 spiro atoms. The molecule has 0 aliphatic heterocycles. The molecule has 3 nitrogen and oxygen atoms in total. The topological polar surface area (TPSA) is 49.3 Å². The van der Waals surface area contributed by atoms with Crippen molar-refractivity contribution in [3.8, 4) is 0 Å². The number of amides is 1. The van der Waals surface area contributed by atoms with E-state index in [1.165, 1.54) is 0 Å². The molecular weight excluding hydrogens is 327 g/mol. The third kappa shape index (κ3) is 5.20. The van der Waals surface area contributed by atoms with Crippen LogP contribution in [0.25, 0.3) is 0 Å². The average Bonchev–Trinajstić information content (AvgIpc) is 2.26. The van der Waals surface area contributed by atoms with Gasteiger partial charge in [-0.15, -0.1) is 0 Å². The maximum Gasteiger partial charge on any atom is 0.471 e. The van der Waals surface area contributed by atoms with Gasteiger partial charge in [0.2, 0.25) is 0 Å². The van der Waals surface area contributed by atoms with E-state index in [4.69, 9.17) is 0 Å². The molecule has 1 atom stereocenters. The second-order valence-electron chi connectivity index (χ2n) is 4.12. The summed E-state index contributed by atoms with van der Waals surface area (Å²) in [5.41, 5.74) is 1.51. The Hall–Kier alpha value is -1.08. The molecule has 0 bridgehead atoms. The Kier molecular flexibility index (Phi) is 5.37. The Bertz CT molecular complexity index is 443. The number of aliphatic hydroxyl groups is 1. The highest BCUT2D eigenvalue weighted by atomic mass is 79.9. The van der Waals surface area contributed by atoms with Crippen LogP contribution < -0.4 is 5.32 Å². The van der Waals surface area contributed by atoms with Gasteiger partial charge in [0.25, 0.3) is 0 Å². The summed E-state index contributed by atoms with van der Waals surface area (Å²) in [6.07, 6.45) is -5.81. The quantitative estimate of drug-likeness (QED) is 0.886. The zero-order valence-electron chi connectivity index (χ0n) is 10.1. The summed E-state index contributed by atoms with van der Waals surface area (Å²) in [6.45, 7) is 1.59. The average molecular weight is 340 g/mol. The van der Waals surface area contributed by atoms with Crippen molar-refractivity contribution in [2.75, 3.05) is 6.54 Å². The number of benzene rings is 1. The van der Waals surface area contributed by atoms with Crippen LogP contribution in [-0.2, 0) is 4.79 Å². The fourth-order valence-corrected chi connectivity index (χ4v) is 2.17. The molecule has 1 rings (SSSR count). The van der Waals surface area contributed by atoms with Crippen molar-refractivity contribution in [1.29, 1.82) is 0 Å². The van der Waals surface area contributed by atoms with E-state index in [0.29, 0.717) is 5.56 Å². The largest absolute Gasteiger partial charge is 0.471 e. The van der Waals surface area contributed by atoms with Crippen LogP contribution in [0.2, 0.25) is 0 Å². The van der Waals surface area contributed by atoms with Crippen molar-refractivity contribution < 1.29 is 23.1 Å². The van der Waals surface area contributed by atoms with Crippen LogP contribution in [0.1, 0.15) is 23.7 Å². The minimum absolute atomic E-state index is 0.0116. The molecule has 0 saturated carbocycles. The lowest BCUT2D eigenvalue weighted by molar-refractivity contribution is -0.173. The van der Waals surface area contributed by atoms with E-state index in [1.54, 1.807) is 17.4 Å². The number of halogens is 4. The van der Waals surface area contributed by atoms with Gasteiger partial charge in [0, 0.05) is 11.0 Å². The fourth-order valence-electron chi connectivity index (χ4n) is 1.55. The predicted molar refractivity (Wildman–Crippen MR) is 67.5 cm³/mol. The van der Waals surface area contributed by atoms with Gasteiger partial charge in [0.05, 0.1) is 6.10 Å². The number of hydrogen-bond acceptors (Lipinski definition) is 2. The summed E-state index contributed by atoms with van der Waals surface area (Å²) in [6, 6.07) is 5.27.